The molecule has 1 atom stereocenters. The smallest absolute Gasteiger partial charge is 0.264 e. The number of anilines is 1. The van der Waals surface area contributed by atoms with Crippen molar-refractivity contribution in [3.8, 4) is 0 Å². The summed E-state index contributed by atoms with van der Waals surface area (Å²) in [7, 11) is -2.13. The van der Waals surface area contributed by atoms with Crippen molar-refractivity contribution in [2.45, 2.75) is 31.1 Å². The van der Waals surface area contributed by atoms with Crippen molar-refractivity contribution in [2.75, 3.05) is 17.9 Å². The van der Waals surface area contributed by atoms with Gasteiger partial charge in [0, 0.05) is 19.2 Å². The molecule has 0 radical (unpaired) electrons. The van der Waals surface area contributed by atoms with Crippen molar-refractivity contribution in [3.05, 3.63) is 71.8 Å². The number of nitrogens with zero attached hydrogens (tertiary/aromatic N) is 1. The molecule has 6 heteroatoms. The van der Waals surface area contributed by atoms with E-state index in [0.717, 1.165) is 24.8 Å². The summed E-state index contributed by atoms with van der Waals surface area (Å²) in [4.78, 5) is 12.6. The molecule has 2 aromatic rings. The van der Waals surface area contributed by atoms with Crippen LogP contribution < -0.4 is 9.62 Å². The van der Waals surface area contributed by atoms with Gasteiger partial charge in [-0.25, -0.2) is 8.42 Å². The largest absolute Gasteiger partial charge is 0.352 e. The lowest BCUT2D eigenvalue weighted by Gasteiger charge is -2.20. The third kappa shape index (κ3) is 4.62. The van der Waals surface area contributed by atoms with E-state index in [1.54, 1.807) is 48.5 Å². The predicted octanol–water partition coefficient (Wildman–Crippen LogP) is 3.91. The van der Waals surface area contributed by atoms with E-state index in [9.17, 15) is 13.2 Å². The lowest BCUT2D eigenvalue weighted by atomic mass is 9.94. The normalized spacial score (nSPS) is 16.6. The molecule has 1 unspecified atom stereocenters. The average molecular weight is 399 g/mol. The minimum absolute atomic E-state index is 0.134. The Morgan fingerprint density at radius 2 is 1.75 bits per heavy atom. The van der Waals surface area contributed by atoms with Crippen LogP contribution in [0, 0.1) is 12.8 Å². The zero-order valence-electron chi connectivity index (χ0n) is 16.3. The van der Waals surface area contributed by atoms with Gasteiger partial charge in [-0.15, -0.1) is 0 Å². The molecule has 0 aromatic heterocycles. The van der Waals surface area contributed by atoms with Crippen LogP contribution in [0.1, 0.15) is 35.2 Å². The monoisotopic (exact) mass is 398 g/mol. The maximum Gasteiger partial charge on any atom is 0.264 e. The Morgan fingerprint density at radius 3 is 2.36 bits per heavy atom. The molecule has 1 amide bonds. The molecule has 1 aliphatic rings. The summed E-state index contributed by atoms with van der Waals surface area (Å²) < 4.78 is 26.8. The van der Waals surface area contributed by atoms with Crippen molar-refractivity contribution in [1.82, 2.24) is 5.32 Å². The molecule has 1 N–H and O–H groups in total. The van der Waals surface area contributed by atoms with Gasteiger partial charge in [0.05, 0.1) is 10.6 Å². The number of benzene rings is 2. The molecule has 0 aliphatic heterocycles. The van der Waals surface area contributed by atoms with Crippen LogP contribution in [0.2, 0.25) is 0 Å². The summed E-state index contributed by atoms with van der Waals surface area (Å²) in [6, 6.07) is 13.4. The van der Waals surface area contributed by atoms with E-state index in [1.807, 2.05) is 6.92 Å². The minimum atomic E-state index is -3.64. The fourth-order valence-electron chi connectivity index (χ4n) is 3.21. The van der Waals surface area contributed by atoms with Gasteiger partial charge in [-0.1, -0.05) is 29.8 Å². The van der Waals surface area contributed by atoms with Crippen LogP contribution in [0.5, 0.6) is 0 Å². The Kier molecular flexibility index (Phi) is 6.19. The Morgan fingerprint density at radius 1 is 1.07 bits per heavy atom. The topological polar surface area (TPSA) is 66.5 Å². The van der Waals surface area contributed by atoms with Gasteiger partial charge in [0.15, 0.2) is 0 Å². The molecule has 2 aromatic carbocycles. The number of amides is 1. The third-order valence-corrected chi connectivity index (χ3v) is 6.90. The Bertz CT molecular complexity index is 948. The van der Waals surface area contributed by atoms with Gasteiger partial charge in [0.1, 0.15) is 0 Å². The molecule has 0 saturated carbocycles. The van der Waals surface area contributed by atoms with Gasteiger partial charge in [0.2, 0.25) is 0 Å². The summed E-state index contributed by atoms with van der Waals surface area (Å²) in [6.07, 6.45) is 7.51. The van der Waals surface area contributed by atoms with Crippen molar-refractivity contribution >= 4 is 21.6 Å². The number of hydrogen-bond donors (Lipinski definition) is 1. The lowest BCUT2D eigenvalue weighted by Crippen LogP contribution is -2.30. The van der Waals surface area contributed by atoms with Gasteiger partial charge < -0.3 is 5.32 Å². The van der Waals surface area contributed by atoms with Gasteiger partial charge in [0.25, 0.3) is 15.9 Å². The zero-order chi connectivity index (χ0) is 20.1. The van der Waals surface area contributed by atoms with E-state index in [-0.39, 0.29) is 10.8 Å². The second kappa shape index (κ2) is 8.61. The van der Waals surface area contributed by atoms with Crippen molar-refractivity contribution < 1.29 is 13.2 Å². The van der Waals surface area contributed by atoms with Crippen LogP contribution in [-0.2, 0) is 10.0 Å². The van der Waals surface area contributed by atoms with Crippen LogP contribution in [0.25, 0.3) is 0 Å². The van der Waals surface area contributed by atoms with Crippen LogP contribution in [0.4, 0.5) is 5.69 Å². The summed E-state index contributed by atoms with van der Waals surface area (Å²) in [6.45, 7) is 2.57. The van der Waals surface area contributed by atoms with E-state index in [1.165, 1.54) is 11.4 Å². The summed E-state index contributed by atoms with van der Waals surface area (Å²) >= 11 is 0. The molecule has 0 spiro atoms. The lowest BCUT2D eigenvalue weighted by molar-refractivity contribution is 0.0946. The highest BCUT2D eigenvalue weighted by atomic mass is 32.2. The molecular weight excluding hydrogens is 372 g/mol. The highest BCUT2D eigenvalue weighted by Gasteiger charge is 2.21. The SMILES string of the molecule is Cc1ccc(S(=O)(=O)N(C)c2ccc(C(=O)NCC3CC=CCC3)cc2)cc1. The highest BCUT2D eigenvalue weighted by Crippen LogP contribution is 2.23. The summed E-state index contributed by atoms with van der Waals surface area (Å²) in [5, 5.41) is 2.97. The van der Waals surface area contributed by atoms with Gasteiger partial charge >= 0.3 is 0 Å². The number of sulfonamides is 1. The van der Waals surface area contributed by atoms with Gasteiger partial charge in [-0.05, 0) is 68.5 Å². The van der Waals surface area contributed by atoms with Crippen molar-refractivity contribution in [2.24, 2.45) is 5.92 Å². The number of aryl methyl sites for hydroxylation is 1. The Balaban J connectivity index is 1.66. The summed E-state index contributed by atoms with van der Waals surface area (Å²) in [5.41, 5.74) is 2.03. The van der Waals surface area contributed by atoms with E-state index >= 15 is 0 Å². The number of allylic oxidation sites excluding steroid dienone is 2. The molecule has 0 heterocycles. The molecule has 28 heavy (non-hydrogen) atoms. The fourth-order valence-corrected chi connectivity index (χ4v) is 4.41. The van der Waals surface area contributed by atoms with Crippen LogP contribution in [0.15, 0.2) is 65.6 Å². The predicted molar refractivity (Wildman–Crippen MR) is 112 cm³/mol. The molecular formula is C22H26N2O3S. The highest BCUT2D eigenvalue weighted by molar-refractivity contribution is 7.92. The van der Waals surface area contributed by atoms with E-state index in [0.29, 0.717) is 23.7 Å². The first-order valence-electron chi connectivity index (χ1n) is 9.47. The van der Waals surface area contributed by atoms with E-state index in [2.05, 4.69) is 17.5 Å². The van der Waals surface area contributed by atoms with Gasteiger partial charge in [-0.3, -0.25) is 9.10 Å². The van der Waals surface area contributed by atoms with Crippen molar-refractivity contribution in [3.63, 3.8) is 0 Å². The quantitative estimate of drug-likeness (QED) is 0.751. The van der Waals surface area contributed by atoms with E-state index in [4.69, 9.17) is 0 Å². The first kappa shape index (κ1) is 20.1. The van der Waals surface area contributed by atoms with Crippen LogP contribution in [-0.4, -0.2) is 27.9 Å². The molecule has 3 rings (SSSR count). The number of nitrogens with one attached hydrogen (secondary N) is 1. The molecule has 0 saturated heterocycles. The fraction of sp³-hybridized carbons (Fsp3) is 0.318. The number of rotatable bonds is 6. The summed E-state index contributed by atoms with van der Waals surface area (Å²) in [5.74, 6) is 0.351. The Labute approximate surface area is 167 Å². The van der Waals surface area contributed by atoms with Crippen LogP contribution in [0.3, 0.4) is 0 Å². The number of hydrogen-bond acceptors (Lipinski definition) is 3. The molecule has 5 nitrogen and oxygen atoms in total. The molecule has 148 valence electrons. The Hall–Kier alpha value is -2.60. The van der Waals surface area contributed by atoms with Crippen molar-refractivity contribution in [1.29, 1.82) is 0 Å². The first-order valence-corrected chi connectivity index (χ1v) is 10.9. The first-order chi connectivity index (χ1) is 13.4. The van der Waals surface area contributed by atoms with E-state index < -0.39 is 10.0 Å². The molecule has 0 fully saturated rings. The molecule has 0 bridgehead atoms. The zero-order valence-corrected chi connectivity index (χ0v) is 17.1. The second-order valence-electron chi connectivity index (χ2n) is 7.19. The maximum atomic E-state index is 12.8. The van der Waals surface area contributed by atoms with Crippen LogP contribution >= 0.6 is 0 Å². The van der Waals surface area contributed by atoms with Gasteiger partial charge in [-0.2, -0.15) is 0 Å². The number of carbonyl (C=O) groups excluding carboxylic acids is 1. The maximum absolute atomic E-state index is 12.8. The molecule has 1 aliphatic carbocycles. The standard InChI is InChI=1S/C22H26N2O3S/c1-17-8-14-21(15-9-17)28(26,27)24(2)20-12-10-19(11-13-20)22(25)23-16-18-6-4-3-5-7-18/h3-4,8-15,18H,5-7,16H2,1-2H3,(H,23,25). The third-order valence-electron chi connectivity index (χ3n) is 5.10. The number of carbonyl (C=O) groups is 1. The second-order valence-corrected chi connectivity index (χ2v) is 9.16. The minimum Gasteiger partial charge on any atom is -0.352 e. The average Bonchev–Trinajstić information content (AvgIpc) is 2.72.